The summed E-state index contributed by atoms with van der Waals surface area (Å²) < 4.78 is 0. The van der Waals surface area contributed by atoms with Gasteiger partial charge in [-0.3, -0.25) is 14.4 Å². The maximum atomic E-state index is 12.6. The SMILES string of the molecule is CC(=O)[C@@H](CC(=O)[C@H](CCCCN)NC(=O)C1CC1)CC(C)C. The molecule has 0 saturated heterocycles. The number of Topliss-reactive ketones (excluding diaryl/α,β-unsaturated/α-hetero) is 2. The largest absolute Gasteiger partial charge is 0.346 e. The highest BCUT2D eigenvalue weighted by Gasteiger charge is 2.33. The number of carbonyl (C=O) groups is 3. The molecule has 0 aromatic carbocycles. The van der Waals surface area contributed by atoms with Gasteiger partial charge in [0.05, 0.1) is 6.04 Å². The minimum atomic E-state index is -0.469. The van der Waals surface area contributed by atoms with Crippen LogP contribution >= 0.6 is 0 Å². The van der Waals surface area contributed by atoms with E-state index in [9.17, 15) is 14.4 Å². The van der Waals surface area contributed by atoms with Gasteiger partial charge in [-0.1, -0.05) is 13.8 Å². The molecule has 5 heteroatoms. The van der Waals surface area contributed by atoms with Crippen molar-refractivity contribution in [1.29, 1.82) is 0 Å². The zero-order valence-corrected chi connectivity index (χ0v) is 14.8. The van der Waals surface area contributed by atoms with Crippen LogP contribution in [0.25, 0.3) is 0 Å². The first-order valence-electron chi connectivity index (χ1n) is 8.88. The quantitative estimate of drug-likeness (QED) is 0.539. The van der Waals surface area contributed by atoms with Crippen LogP contribution in [0.5, 0.6) is 0 Å². The van der Waals surface area contributed by atoms with E-state index < -0.39 is 6.04 Å². The number of ketones is 2. The number of amides is 1. The van der Waals surface area contributed by atoms with Gasteiger partial charge in [-0.2, -0.15) is 0 Å². The van der Waals surface area contributed by atoms with Gasteiger partial charge in [0.2, 0.25) is 5.91 Å². The van der Waals surface area contributed by atoms with Gasteiger partial charge in [0.15, 0.2) is 5.78 Å². The van der Waals surface area contributed by atoms with Crippen LogP contribution in [0.1, 0.15) is 65.7 Å². The Morgan fingerprint density at radius 3 is 2.30 bits per heavy atom. The third-order valence-corrected chi connectivity index (χ3v) is 4.38. The fraction of sp³-hybridized carbons (Fsp3) is 0.833. The summed E-state index contributed by atoms with van der Waals surface area (Å²) in [4.78, 5) is 36.4. The summed E-state index contributed by atoms with van der Waals surface area (Å²) in [6, 6.07) is -0.469. The zero-order chi connectivity index (χ0) is 17.4. The van der Waals surface area contributed by atoms with Crippen LogP contribution in [0.4, 0.5) is 0 Å². The van der Waals surface area contributed by atoms with Gasteiger partial charge in [-0.15, -0.1) is 0 Å². The van der Waals surface area contributed by atoms with Crippen LogP contribution in [0.2, 0.25) is 0 Å². The smallest absolute Gasteiger partial charge is 0.223 e. The number of unbranched alkanes of at least 4 members (excludes halogenated alkanes) is 1. The highest BCUT2D eigenvalue weighted by molar-refractivity contribution is 5.93. The summed E-state index contributed by atoms with van der Waals surface area (Å²) in [5, 5.41) is 2.89. The summed E-state index contributed by atoms with van der Waals surface area (Å²) in [7, 11) is 0. The average molecular weight is 324 g/mol. The van der Waals surface area contributed by atoms with Crippen LogP contribution in [-0.4, -0.2) is 30.1 Å². The van der Waals surface area contributed by atoms with Gasteiger partial charge in [0.25, 0.3) is 0 Å². The van der Waals surface area contributed by atoms with Gasteiger partial charge >= 0.3 is 0 Å². The predicted octanol–water partition coefficient (Wildman–Crippen LogP) is 2.22. The standard InChI is InChI=1S/C18H32N2O3/c1-12(2)10-15(13(3)21)11-17(22)16(6-4-5-9-19)20-18(23)14-7-8-14/h12,14-16H,4-11,19H2,1-3H3,(H,20,23)/t15-,16+/m1/s1. The van der Waals surface area contributed by atoms with Crippen molar-refractivity contribution in [3.63, 3.8) is 0 Å². The third kappa shape index (κ3) is 7.73. The molecule has 1 aliphatic carbocycles. The van der Waals surface area contributed by atoms with Crippen molar-refractivity contribution in [2.45, 2.75) is 71.8 Å². The summed E-state index contributed by atoms with van der Waals surface area (Å²) in [6.07, 6.45) is 5.04. The molecule has 0 unspecified atom stereocenters. The van der Waals surface area contributed by atoms with Gasteiger partial charge in [-0.05, 0) is 57.9 Å². The summed E-state index contributed by atoms with van der Waals surface area (Å²) in [5.41, 5.74) is 5.51. The van der Waals surface area contributed by atoms with E-state index >= 15 is 0 Å². The van der Waals surface area contributed by atoms with Crippen molar-refractivity contribution in [3.05, 3.63) is 0 Å². The van der Waals surface area contributed by atoms with Crippen molar-refractivity contribution >= 4 is 17.5 Å². The molecule has 1 fully saturated rings. The van der Waals surface area contributed by atoms with E-state index in [1.165, 1.54) is 0 Å². The van der Waals surface area contributed by atoms with E-state index in [4.69, 9.17) is 5.73 Å². The van der Waals surface area contributed by atoms with Crippen molar-refractivity contribution in [2.75, 3.05) is 6.54 Å². The first-order chi connectivity index (χ1) is 10.8. The first kappa shape index (κ1) is 19.8. The Kier molecular flexibility index (Phi) is 8.45. The van der Waals surface area contributed by atoms with Crippen LogP contribution in [0.15, 0.2) is 0 Å². The predicted molar refractivity (Wildman–Crippen MR) is 90.8 cm³/mol. The summed E-state index contributed by atoms with van der Waals surface area (Å²) in [6.45, 7) is 6.23. The molecule has 0 heterocycles. The lowest BCUT2D eigenvalue weighted by atomic mass is 9.87. The lowest BCUT2D eigenvalue weighted by Gasteiger charge is -2.21. The number of hydrogen-bond donors (Lipinski definition) is 2. The van der Waals surface area contributed by atoms with E-state index in [2.05, 4.69) is 5.32 Å². The van der Waals surface area contributed by atoms with Crippen molar-refractivity contribution in [3.8, 4) is 0 Å². The van der Waals surface area contributed by atoms with E-state index in [0.717, 1.165) is 25.7 Å². The molecule has 0 bridgehead atoms. The Hall–Kier alpha value is -1.23. The normalized spacial score (nSPS) is 16.9. The van der Waals surface area contributed by atoms with Crippen LogP contribution in [0, 0.1) is 17.8 Å². The van der Waals surface area contributed by atoms with Crippen LogP contribution < -0.4 is 11.1 Å². The Morgan fingerprint density at radius 1 is 1.17 bits per heavy atom. The number of rotatable bonds is 12. The van der Waals surface area contributed by atoms with Crippen LogP contribution in [0.3, 0.4) is 0 Å². The van der Waals surface area contributed by atoms with Crippen molar-refractivity contribution in [1.82, 2.24) is 5.32 Å². The molecule has 1 rings (SSSR count). The molecule has 3 N–H and O–H groups in total. The molecule has 132 valence electrons. The van der Waals surface area contributed by atoms with Gasteiger partial charge < -0.3 is 11.1 Å². The monoisotopic (exact) mass is 324 g/mol. The second-order valence-electron chi connectivity index (χ2n) is 7.23. The average Bonchev–Trinajstić information content (AvgIpc) is 3.29. The number of carbonyl (C=O) groups excluding carboxylic acids is 3. The summed E-state index contributed by atoms with van der Waals surface area (Å²) in [5.74, 6) is 0.238. The highest BCUT2D eigenvalue weighted by Crippen LogP contribution is 2.29. The molecule has 1 saturated carbocycles. The number of nitrogens with one attached hydrogen (secondary N) is 1. The molecule has 23 heavy (non-hydrogen) atoms. The molecule has 0 aliphatic heterocycles. The van der Waals surface area contributed by atoms with E-state index in [-0.39, 0.29) is 35.7 Å². The minimum Gasteiger partial charge on any atom is -0.346 e. The molecule has 0 radical (unpaired) electrons. The second-order valence-corrected chi connectivity index (χ2v) is 7.23. The molecule has 0 aromatic rings. The van der Waals surface area contributed by atoms with Crippen molar-refractivity contribution < 1.29 is 14.4 Å². The fourth-order valence-corrected chi connectivity index (χ4v) is 2.79. The fourth-order valence-electron chi connectivity index (χ4n) is 2.79. The Bertz CT molecular complexity index is 416. The summed E-state index contributed by atoms with van der Waals surface area (Å²) >= 11 is 0. The first-order valence-corrected chi connectivity index (χ1v) is 8.88. The number of nitrogens with two attached hydrogens (primary N) is 1. The third-order valence-electron chi connectivity index (χ3n) is 4.38. The lowest BCUT2D eigenvalue weighted by Crippen LogP contribution is -2.42. The molecule has 1 amide bonds. The Balaban J connectivity index is 2.63. The Morgan fingerprint density at radius 2 is 1.83 bits per heavy atom. The van der Waals surface area contributed by atoms with Gasteiger partial charge in [0, 0.05) is 18.3 Å². The maximum Gasteiger partial charge on any atom is 0.223 e. The zero-order valence-electron chi connectivity index (χ0n) is 14.8. The molecular weight excluding hydrogens is 292 g/mol. The molecule has 5 nitrogen and oxygen atoms in total. The van der Waals surface area contributed by atoms with Crippen LogP contribution in [-0.2, 0) is 14.4 Å². The molecule has 1 aliphatic rings. The Labute approximate surface area is 139 Å². The second kappa shape index (κ2) is 9.81. The maximum absolute atomic E-state index is 12.6. The number of hydrogen-bond acceptors (Lipinski definition) is 4. The van der Waals surface area contributed by atoms with Gasteiger partial charge in [-0.25, -0.2) is 0 Å². The van der Waals surface area contributed by atoms with E-state index in [0.29, 0.717) is 25.3 Å². The van der Waals surface area contributed by atoms with Crippen molar-refractivity contribution in [2.24, 2.45) is 23.5 Å². The lowest BCUT2D eigenvalue weighted by molar-refractivity contribution is -0.131. The molecular formula is C18H32N2O3. The van der Waals surface area contributed by atoms with Gasteiger partial charge in [0.1, 0.15) is 5.78 Å². The van der Waals surface area contributed by atoms with E-state index in [1.54, 1.807) is 6.92 Å². The minimum absolute atomic E-state index is 0.0145. The highest BCUT2D eigenvalue weighted by atomic mass is 16.2. The topological polar surface area (TPSA) is 89.3 Å². The molecule has 2 atom stereocenters. The molecule has 0 spiro atoms. The van der Waals surface area contributed by atoms with E-state index in [1.807, 2.05) is 13.8 Å². The molecule has 0 aromatic heterocycles.